The van der Waals surface area contributed by atoms with Crippen LogP contribution in [0.1, 0.15) is 45.0 Å². The monoisotopic (exact) mass is 331 g/mol. The molecule has 0 aliphatic carbocycles. The van der Waals surface area contributed by atoms with Crippen molar-refractivity contribution in [2.75, 3.05) is 0 Å². The maximum absolute atomic E-state index is 12.1. The predicted molar refractivity (Wildman–Crippen MR) is 78.3 cm³/mol. The number of aryl methyl sites for hydroxylation is 2. The number of rotatable bonds is 1. The molecule has 4 nitrogen and oxygen atoms in total. The molecule has 6 heteroatoms. The van der Waals surface area contributed by atoms with Crippen molar-refractivity contribution >= 4 is 32.6 Å². The van der Waals surface area contributed by atoms with E-state index in [4.69, 9.17) is 0 Å². The molecule has 1 aromatic heterocycles. The molecule has 0 unspecified atom stereocenters. The number of fused-ring (bicyclic) bond motifs is 1. The summed E-state index contributed by atoms with van der Waals surface area (Å²) in [5, 5.41) is 4.46. The minimum atomic E-state index is -1.22. The van der Waals surface area contributed by atoms with Crippen molar-refractivity contribution in [3.8, 4) is 0 Å². The number of hydrogen-bond donors (Lipinski definition) is 0. The molecular formula is C12H18BrN3OS. The molecule has 1 aliphatic heterocycles. The van der Waals surface area contributed by atoms with E-state index in [0.717, 1.165) is 41.0 Å². The van der Waals surface area contributed by atoms with Gasteiger partial charge in [-0.25, -0.2) is 4.21 Å². The molecule has 0 aromatic carbocycles. The molecule has 2 rings (SSSR count). The van der Waals surface area contributed by atoms with Crippen LogP contribution in [0, 0.1) is 6.92 Å². The fourth-order valence-corrected chi connectivity index (χ4v) is 3.00. The van der Waals surface area contributed by atoms with Crippen molar-refractivity contribution < 1.29 is 4.21 Å². The highest BCUT2D eigenvalue weighted by Gasteiger charge is 2.25. The van der Waals surface area contributed by atoms with E-state index >= 15 is 0 Å². The Balaban J connectivity index is 2.45. The van der Waals surface area contributed by atoms with Crippen molar-refractivity contribution in [1.29, 1.82) is 0 Å². The van der Waals surface area contributed by atoms with Crippen LogP contribution in [0.3, 0.4) is 0 Å². The molecule has 0 spiro atoms. The van der Waals surface area contributed by atoms with Crippen LogP contribution >= 0.6 is 15.9 Å². The highest BCUT2D eigenvalue weighted by Crippen LogP contribution is 2.27. The molecule has 0 amide bonds. The van der Waals surface area contributed by atoms with Gasteiger partial charge in [-0.05, 0) is 56.5 Å². The van der Waals surface area contributed by atoms with Gasteiger partial charge in [0.05, 0.1) is 26.3 Å². The molecule has 0 bridgehead atoms. The Kier molecular flexibility index (Phi) is 3.78. The Hall–Kier alpha value is -0.490. The van der Waals surface area contributed by atoms with Crippen LogP contribution in [0.2, 0.25) is 0 Å². The molecule has 0 N–H and O–H groups in total. The van der Waals surface area contributed by atoms with Crippen LogP contribution in [0.5, 0.6) is 0 Å². The van der Waals surface area contributed by atoms with Crippen molar-refractivity contribution in [3.63, 3.8) is 0 Å². The molecule has 1 aliphatic rings. The lowest BCUT2D eigenvalue weighted by atomic mass is 10.1. The summed E-state index contributed by atoms with van der Waals surface area (Å²) in [5.74, 6) is 0. The smallest absolute Gasteiger partial charge is 0.145 e. The van der Waals surface area contributed by atoms with Crippen molar-refractivity contribution in [3.05, 3.63) is 15.9 Å². The average molecular weight is 332 g/mol. The SMILES string of the molecule is Cc1nn2c(c1Br)/C(=N/[S@](=O)C(C)(C)C)CCC2. The average Bonchev–Trinajstić information content (AvgIpc) is 2.54. The molecule has 0 radical (unpaired) electrons. The zero-order valence-electron chi connectivity index (χ0n) is 11.2. The van der Waals surface area contributed by atoms with Crippen LogP contribution in [-0.2, 0) is 17.5 Å². The zero-order chi connectivity index (χ0) is 13.5. The van der Waals surface area contributed by atoms with Gasteiger partial charge in [0.2, 0.25) is 0 Å². The summed E-state index contributed by atoms with van der Waals surface area (Å²) >= 11 is 3.55. The summed E-state index contributed by atoms with van der Waals surface area (Å²) in [4.78, 5) is 0. The summed E-state index contributed by atoms with van der Waals surface area (Å²) in [6, 6.07) is 0. The Morgan fingerprint density at radius 3 is 2.72 bits per heavy atom. The molecule has 2 heterocycles. The first-order chi connectivity index (χ1) is 8.30. The molecule has 18 heavy (non-hydrogen) atoms. The van der Waals surface area contributed by atoms with Gasteiger partial charge in [0.25, 0.3) is 0 Å². The molecule has 1 aromatic rings. The second-order valence-electron chi connectivity index (χ2n) is 5.47. The Labute approximate surface area is 119 Å². The van der Waals surface area contributed by atoms with Gasteiger partial charge in [-0.15, -0.1) is 0 Å². The molecular weight excluding hydrogens is 314 g/mol. The maximum atomic E-state index is 12.1. The Morgan fingerprint density at radius 1 is 1.44 bits per heavy atom. The number of hydrogen-bond acceptors (Lipinski definition) is 2. The third-order valence-electron chi connectivity index (χ3n) is 2.83. The summed E-state index contributed by atoms with van der Waals surface area (Å²) in [5.41, 5.74) is 2.86. The quantitative estimate of drug-likeness (QED) is 0.794. The summed E-state index contributed by atoms with van der Waals surface area (Å²) < 4.78 is 19.2. The second kappa shape index (κ2) is 4.89. The van der Waals surface area contributed by atoms with Gasteiger partial charge < -0.3 is 0 Å². The first-order valence-electron chi connectivity index (χ1n) is 6.03. The first kappa shape index (κ1) is 13.9. The van der Waals surface area contributed by atoms with Crippen molar-refractivity contribution in [2.24, 2.45) is 4.40 Å². The van der Waals surface area contributed by atoms with E-state index in [1.807, 2.05) is 32.4 Å². The number of aromatic nitrogens is 2. The fourth-order valence-electron chi connectivity index (χ4n) is 1.84. The molecule has 1 atom stereocenters. The van der Waals surface area contributed by atoms with Gasteiger partial charge in [-0.3, -0.25) is 4.68 Å². The number of halogens is 1. The van der Waals surface area contributed by atoms with Crippen LogP contribution in [0.4, 0.5) is 0 Å². The van der Waals surface area contributed by atoms with E-state index in [1.54, 1.807) is 0 Å². The standard InChI is InChI=1S/C12H18BrN3OS/c1-8-10(13)11-9(6-5-7-16(11)14-8)15-18(17)12(2,3)4/h5-7H2,1-4H3/b15-9+/t18-/m1/s1. The highest BCUT2D eigenvalue weighted by molar-refractivity contribution is 9.10. The summed E-state index contributed by atoms with van der Waals surface area (Å²) in [6.45, 7) is 8.69. The van der Waals surface area contributed by atoms with E-state index in [-0.39, 0.29) is 4.75 Å². The Morgan fingerprint density at radius 2 is 2.11 bits per heavy atom. The molecule has 0 saturated carbocycles. The maximum Gasteiger partial charge on any atom is 0.145 e. The predicted octanol–water partition coefficient (Wildman–Crippen LogP) is 3.00. The van der Waals surface area contributed by atoms with E-state index in [2.05, 4.69) is 25.4 Å². The van der Waals surface area contributed by atoms with Gasteiger partial charge in [-0.1, -0.05) is 0 Å². The van der Waals surface area contributed by atoms with Crippen LogP contribution in [0.25, 0.3) is 0 Å². The second-order valence-corrected chi connectivity index (χ2v) is 8.17. The third kappa shape index (κ3) is 2.59. The van der Waals surface area contributed by atoms with Crippen LogP contribution in [-0.4, -0.2) is 24.4 Å². The van der Waals surface area contributed by atoms with E-state index in [1.165, 1.54) is 0 Å². The first-order valence-corrected chi connectivity index (χ1v) is 7.93. The minimum Gasteiger partial charge on any atom is -0.262 e. The van der Waals surface area contributed by atoms with Gasteiger partial charge >= 0.3 is 0 Å². The topological polar surface area (TPSA) is 47.2 Å². The molecule has 100 valence electrons. The normalized spacial score (nSPS) is 19.9. The lowest BCUT2D eigenvalue weighted by Crippen LogP contribution is -2.24. The van der Waals surface area contributed by atoms with Crippen molar-refractivity contribution in [1.82, 2.24) is 9.78 Å². The highest BCUT2D eigenvalue weighted by atomic mass is 79.9. The zero-order valence-corrected chi connectivity index (χ0v) is 13.6. The largest absolute Gasteiger partial charge is 0.262 e. The van der Waals surface area contributed by atoms with Gasteiger partial charge in [0.1, 0.15) is 11.0 Å². The van der Waals surface area contributed by atoms with E-state index in [0.29, 0.717) is 0 Å². The van der Waals surface area contributed by atoms with Crippen LogP contribution < -0.4 is 0 Å². The fraction of sp³-hybridized carbons (Fsp3) is 0.667. The van der Waals surface area contributed by atoms with Crippen molar-refractivity contribution in [2.45, 2.75) is 51.8 Å². The minimum absolute atomic E-state index is 0.323. The van der Waals surface area contributed by atoms with E-state index in [9.17, 15) is 4.21 Å². The lowest BCUT2D eigenvalue weighted by Gasteiger charge is -2.19. The summed E-state index contributed by atoms with van der Waals surface area (Å²) in [7, 11) is -1.22. The van der Waals surface area contributed by atoms with Gasteiger partial charge in [0.15, 0.2) is 0 Å². The van der Waals surface area contributed by atoms with Gasteiger partial charge in [-0.2, -0.15) is 9.50 Å². The Bertz CT molecular complexity index is 528. The third-order valence-corrected chi connectivity index (χ3v) is 5.21. The van der Waals surface area contributed by atoms with Crippen LogP contribution in [0.15, 0.2) is 8.87 Å². The molecule has 0 fully saturated rings. The van der Waals surface area contributed by atoms with E-state index < -0.39 is 11.0 Å². The number of nitrogens with zero attached hydrogens (tertiary/aromatic N) is 3. The lowest BCUT2D eigenvalue weighted by molar-refractivity contribution is 0.560. The molecule has 0 saturated heterocycles. The summed E-state index contributed by atoms with van der Waals surface area (Å²) in [6.07, 6.45) is 1.87. The van der Waals surface area contributed by atoms with Gasteiger partial charge in [0, 0.05) is 6.54 Å².